The van der Waals surface area contributed by atoms with Crippen LogP contribution in [0.5, 0.6) is 0 Å². The molecule has 1 amide bonds. The van der Waals surface area contributed by atoms with Gasteiger partial charge in [-0.2, -0.15) is 0 Å². The third-order valence-corrected chi connectivity index (χ3v) is 17.5. The van der Waals surface area contributed by atoms with Gasteiger partial charge in [0.05, 0.1) is 31.3 Å². The first-order valence-corrected chi connectivity index (χ1v) is 23.9. The highest BCUT2D eigenvalue weighted by Crippen LogP contribution is 2.82. The fourth-order valence-electron chi connectivity index (χ4n) is 14.9. The largest absolute Gasteiger partial charge is 0.468 e. The summed E-state index contributed by atoms with van der Waals surface area (Å²) in [6, 6.07) is 6.22. The molecule has 4 saturated heterocycles. The van der Waals surface area contributed by atoms with Crippen molar-refractivity contribution in [3.05, 3.63) is 70.6 Å². The lowest BCUT2D eigenvalue weighted by Gasteiger charge is -2.58. The molecule has 8 aliphatic rings. The number of aryl methyl sites for hydroxylation is 1. The standard InChI is InChI=1S/C51H66N4O10/c1-9-46(60)25-33-26-48(44(58)62-7,41-34(16-20-53(27-33)28-46)35-22-32(13-12-30(3)4)14-15-38(35)52-41)37-23-36-39(24-40(37)61-6)55(29-56)51-49(36)18-21-54-19-11-17-47(10-2,42(49)54)43(64-31(5)57)50(51,65-51)45(59)63-8/h11,14-15,17,22-24,29-30,33,37,40,42-43,52,60H,9-10,12-13,16,18-21,25-28H2,1-8H3/t33-,37?,40?,42+,43-,46+,47-,48+,49-,50+,51+/m1/s1. The summed E-state index contributed by atoms with van der Waals surface area (Å²) in [5, 5.41) is 13.2. The van der Waals surface area contributed by atoms with Crippen LogP contribution in [-0.4, -0.2) is 138 Å². The Morgan fingerprint density at radius 2 is 1.83 bits per heavy atom. The van der Waals surface area contributed by atoms with Crippen molar-refractivity contribution >= 4 is 35.2 Å². The van der Waals surface area contributed by atoms with Gasteiger partial charge in [-0.1, -0.05) is 52.0 Å². The van der Waals surface area contributed by atoms with Gasteiger partial charge in [-0.25, -0.2) is 4.79 Å². The monoisotopic (exact) mass is 894 g/mol. The van der Waals surface area contributed by atoms with Crippen molar-refractivity contribution in [1.82, 2.24) is 19.7 Å². The SMILES string of the molecule is CC[C@]1(O)C[C@H]2CN(CCc3c([nH]c4ccc(CCC(C)C)cc34)[C@@](C(=O)OC)(C3C=C4C(=CC3OC)N(C=O)[C@@]35O[C@]3(C(=O)OC)[C@H](OC(C)=O)[C@]3(CC)C=CCN6CC[C@]45[C@@H]63)C2)C1. The summed E-state index contributed by atoms with van der Waals surface area (Å²) in [6.45, 7) is 13.1. The Bertz CT molecular complexity index is 2430. The number of aliphatic hydroxyl groups is 1. The first kappa shape index (κ1) is 44.5. The molecule has 12 atom stereocenters. The molecule has 3 unspecified atom stereocenters. The number of aromatic amines is 1. The van der Waals surface area contributed by atoms with Crippen LogP contribution in [0.1, 0.15) is 90.0 Å². The van der Waals surface area contributed by atoms with E-state index in [1.807, 2.05) is 19.9 Å². The van der Waals surface area contributed by atoms with Crippen molar-refractivity contribution in [2.45, 2.75) is 127 Å². The lowest BCUT2D eigenvalue weighted by Crippen LogP contribution is -2.74. The van der Waals surface area contributed by atoms with E-state index in [1.54, 1.807) is 7.11 Å². The number of benzene rings is 1. The Hall–Kier alpha value is -4.34. The van der Waals surface area contributed by atoms with Gasteiger partial charge in [0.1, 0.15) is 5.41 Å². The molecular formula is C51H66N4O10. The number of piperidine rings is 1. The first-order chi connectivity index (χ1) is 31.1. The van der Waals surface area contributed by atoms with Crippen molar-refractivity contribution in [1.29, 1.82) is 0 Å². The van der Waals surface area contributed by atoms with Crippen LogP contribution in [0.3, 0.4) is 0 Å². The third-order valence-electron chi connectivity index (χ3n) is 17.5. The molecule has 10 rings (SSSR count). The summed E-state index contributed by atoms with van der Waals surface area (Å²) < 4.78 is 31.5. The topological polar surface area (TPSA) is 163 Å². The highest BCUT2D eigenvalue weighted by molar-refractivity contribution is 5.93. The number of allylic oxidation sites excluding steroid dienone is 1. The van der Waals surface area contributed by atoms with Crippen LogP contribution >= 0.6 is 0 Å². The van der Waals surface area contributed by atoms with E-state index < -0.39 is 69.2 Å². The highest BCUT2D eigenvalue weighted by atomic mass is 16.7. The summed E-state index contributed by atoms with van der Waals surface area (Å²) in [7, 11) is 4.37. The molecule has 1 aromatic heterocycles. The van der Waals surface area contributed by atoms with E-state index in [0.717, 1.165) is 47.0 Å². The lowest BCUT2D eigenvalue weighted by molar-refractivity contribution is -0.183. The van der Waals surface area contributed by atoms with Crippen LogP contribution in [0.25, 0.3) is 10.9 Å². The normalized spacial score (nSPS) is 39.9. The zero-order chi connectivity index (χ0) is 46.1. The molecule has 1 aromatic carbocycles. The Morgan fingerprint density at radius 3 is 2.51 bits per heavy atom. The predicted molar refractivity (Wildman–Crippen MR) is 240 cm³/mol. The average molecular weight is 895 g/mol. The summed E-state index contributed by atoms with van der Waals surface area (Å²) in [5.74, 6) is -1.97. The molecule has 7 heterocycles. The van der Waals surface area contributed by atoms with E-state index in [0.29, 0.717) is 82.9 Å². The number of nitrogens with one attached hydrogen (secondary N) is 1. The zero-order valence-electron chi connectivity index (χ0n) is 39.2. The second-order valence-electron chi connectivity index (χ2n) is 20.9. The van der Waals surface area contributed by atoms with Crippen LogP contribution in [0.15, 0.2) is 53.8 Å². The van der Waals surface area contributed by atoms with Crippen molar-refractivity contribution in [3.8, 4) is 0 Å². The van der Waals surface area contributed by atoms with E-state index in [9.17, 15) is 19.5 Å². The van der Waals surface area contributed by atoms with Gasteiger partial charge in [-0.05, 0) is 105 Å². The van der Waals surface area contributed by atoms with Gasteiger partial charge < -0.3 is 33.8 Å². The minimum absolute atomic E-state index is 0.108. The molecule has 5 fully saturated rings. The number of carbonyl (C=O) groups excluding carboxylic acids is 4. The number of aromatic nitrogens is 1. The maximum atomic E-state index is 15.6. The Morgan fingerprint density at radius 1 is 1.05 bits per heavy atom. The number of hydrogen-bond donors (Lipinski definition) is 2. The predicted octanol–water partition coefficient (Wildman–Crippen LogP) is 5.11. The van der Waals surface area contributed by atoms with Gasteiger partial charge in [0.15, 0.2) is 6.10 Å². The zero-order valence-corrected chi connectivity index (χ0v) is 39.2. The number of carbonyl (C=O) groups is 4. The number of nitrogens with zero attached hydrogens (tertiary/aromatic N) is 3. The number of methoxy groups -OCH3 is 3. The minimum atomic E-state index is -1.87. The number of amides is 1. The molecule has 0 radical (unpaired) electrons. The van der Waals surface area contributed by atoms with Crippen LogP contribution < -0.4 is 0 Å². The maximum Gasteiger partial charge on any atom is 0.347 e. The van der Waals surface area contributed by atoms with Crippen LogP contribution in [0.2, 0.25) is 0 Å². The molecule has 14 nitrogen and oxygen atoms in total. The molecule has 2 aromatic rings. The summed E-state index contributed by atoms with van der Waals surface area (Å²) >= 11 is 0. The molecule has 2 spiro atoms. The number of ether oxygens (including phenoxy) is 5. The number of likely N-dealkylation sites (tertiary alicyclic amines) is 1. The van der Waals surface area contributed by atoms with E-state index in [-0.39, 0.29) is 12.0 Å². The van der Waals surface area contributed by atoms with Crippen LogP contribution in [-0.2, 0) is 61.1 Å². The minimum Gasteiger partial charge on any atom is -0.468 e. The fourth-order valence-corrected chi connectivity index (χ4v) is 14.9. The number of rotatable bonds is 11. The highest BCUT2D eigenvalue weighted by Gasteiger charge is 3.00. The fraction of sp³-hybridized carbons (Fsp3) is 0.647. The van der Waals surface area contributed by atoms with Crippen molar-refractivity contribution in [2.24, 2.45) is 28.6 Å². The van der Waals surface area contributed by atoms with Crippen molar-refractivity contribution < 1.29 is 48.0 Å². The van der Waals surface area contributed by atoms with Crippen LogP contribution in [0, 0.1) is 28.6 Å². The van der Waals surface area contributed by atoms with Crippen molar-refractivity contribution in [2.75, 3.05) is 54.1 Å². The molecule has 2 bridgehead atoms. The second kappa shape index (κ2) is 15.3. The Kier molecular flexibility index (Phi) is 10.5. The van der Waals surface area contributed by atoms with Crippen molar-refractivity contribution in [3.63, 3.8) is 0 Å². The first-order valence-electron chi connectivity index (χ1n) is 23.9. The molecule has 2 aliphatic carbocycles. The summed E-state index contributed by atoms with van der Waals surface area (Å²) in [5.41, 5.74) is -2.46. The Balaban J connectivity index is 1.25. The smallest absolute Gasteiger partial charge is 0.347 e. The Labute approximate surface area is 381 Å². The van der Waals surface area contributed by atoms with Gasteiger partial charge >= 0.3 is 17.9 Å². The molecule has 350 valence electrons. The number of hydrogen-bond acceptors (Lipinski definition) is 12. The lowest BCUT2D eigenvalue weighted by atomic mass is 9.48. The van der Waals surface area contributed by atoms with E-state index in [2.05, 4.69) is 65.1 Å². The van der Waals surface area contributed by atoms with Gasteiger partial charge in [-0.15, -0.1) is 0 Å². The molecule has 6 aliphatic heterocycles. The second-order valence-corrected chi connectivity index (χ2v) is 20.9. The van der Waals surface area contributed by atoms with E-state index in [1.165, 1.54) is 31.6 Å². The average Bonchev–Trinajstić information content (AvgIpc) is 3.52. The van der Waals surface area contributed by atoms with Gasteiger partial charge in [-0.3, -0.25) is 29.1 Å². The summed E-state index contributed by atoms with van der Waals surface area (Å²) in [6.07, 6.45) is 12.2. The number of fused-ring (bicyclic) bond motifs is 6. The number of esters is 3. The molecule has 2 N–H and O–H groups in total. The third kappa shape index (κ3) is 5.69. The molecule has 1 saturated carbocycles. The summed E-state index contributed by atoms with van der Waals surface area (Å²) in [4.78, 5) is 67.6. The number of epoxide rings is 1. The quantitative estimate of drug-likeness (QED) is 0.101. The molecule has 65 heavy (non-hydrogen) atoms. The molecular weight excluding hydrogens is 829 g/mol. The van der Waals surface area contributed by atoms with Gasteiger partial charge in [0, 0.05) is 79.9 Å². The number of H-pyrrole nitrogens is 1. The van der Waals surface area contributed by atoms with E-state index >= 15 is 4.79 Å². The van der Waals surface area contributed by atoms with Crippen LogP contribution in [0.4, 0.5) is 0 Å². The van der Waals surface area contributed by atoms with E-state index in [4.69, 9.17) is 23.7 Å². The molecule has 14 heteroatoms. The van der Waals surface area contributed by atoms with Gasteiger partial charge in [0.25, 0.3) is 5.60 Å². The van der Waals surface area contributed by atoms with Gasteiger partial charge in [0.2, 0.25) is 12.1 Å². The maximum absolute atomic E-state index is 15.6.